The lowest BCUT2D eigenvalue weighted by Gasteiger charge is -2.05. The Labute approximate surface area is 217 Å². The monoisotopic (exact) mass is 481 g/mol. The van der Waals surface area contributed by atoms with Crippen LogP contribution in [0, 0.1) is 0 Å². The normalized spacial score (nSPS) is 11.5. The van der Waals surface area contributed by atoms with Crippen molar-refractivity contribution in [3.63, 3.8) is 0 Å². The molecule has 0 aromatic heterocycles. The topological polar surface area (TPSA) is 24.1 Å². The Morgan fingerprint density at radius 2 is 0.529 bits per heavy atom. The SMILES string of the molecule is CCCCCCCCCCCCCCCCCCCCCCCCCNCCCCCCNC. The molecule has 0 radical (unpaired) electrons. The van der Waals surface area contributed by atoms with Crippen LogP contribution in [0.3, 0.4) is 0 Å². The Morgan fingerprint density at radius 3 is 0.794 bits per heavy atom. The lowest BCUT2D eigenvalue weighted by Crippen LogP contribution is -2.16. The van der Waals surface area contributed by atoms with Gasteiger partial charge in [0.2, 0.25) is 0 Å². The third-order valence-electron chi connectivity index (χ3n) is 7.49. The number of hydrogen-bond donors (Lipinski definition) is 2. The molecule has 0 saturated heterocycles. The van der Waals surface area contributed by atoms with Crippen LogP contribution in [0.4, 0.5) is 0 Å². The summed E-state index contributed by atoms with van der Waals surface area (Å²) in [6, 6.07) is 0. The van der Waals surface area contributed by atoms with E-state index in [1.807, 2.05) is 7.05 Å². The van der Waals surface area contributed by atoms with Crippen molar-refractivity contribution in [1.82, 2.24) is 10.6 Å². The van der Waals surface area contributed by atoms with E-state index >= 15 is 0 Å². The summed E-state index contributed by atoms with van der Waals surface area (Å²) < 4.78 is 0. The molecule has 0 rings (SSSR count). The van der Waals surface area contributed by atoms with Crippen molar-refractivity contribution < 1.29 is 0 Å². The van der Waals surface area contributed by atoms with Gasteiger partial charge in [0.25, 0.3) is 0 Å². The average Bonchev–Trinajstić information content (AvgIpc) is 2.85. The van der Waals surface area contributed by atoms with E-state index in [1.54, 1.807) is 0 Å². The van der Waals surface area contributed by atoms with Crippen molar-refractivity contribution in [2.45, 2.75) is 180 Å². The van der Waals surface area contributed by atoms with E-state index < -0.39 is 0 Å². The highest BCUT2D eigenvalue weighted by atomic mass is 14.8. The molecule has 0 spiro atoms. The van der Waals surface area contributed by atoms with Crippen molar-refractivity contribution in [2.24, 2.45) is 0 Å². The first-order valence-electron chi connectivity index (χ1n) is 16.3. The summed E-state index contributed by atoms with van der Waals surface area (Å²) in [5.41, 5.74) is 0. The molecule has 0 unspecified atom stereocenters. The zero-order valence-corrected chi connectivity index (χ0v) is 24.2. The number of unbranched alkanes of at least 4 members (excludes halogenated alkanes) is 25. The van der Waals surface area contributed by atoms with Crippen LogP contribution in [0.1, 0.15) is 180 Å². The summed E-state index contributed by atoms with van der Waals surface area (Å²) in [5, 5.41) is 6.85. The molecule has 2 heteroatoms. The number of rotatable bonds is 31. The Bertz CT molecular complexity index is 299. The molecule has 0 aliphatic carbocycles. The second-order valence-corrected chi connectivity index (χ2v) is 11.0. The lowest BCUT2D eigenvalue weighted by atomic mass is 10.0. The summed E-state index contributed by atoms with van der Waals surface area (Å²) in [6.07, 6.45) is 39.2. The van der Waals surface area contributed by atoms with Crippen LogP contribution >= 0.6 is 0 Å². The zero-order chi connectivity index (χ0) is 24.6. The third-order valence-corrected chi connectivity index (χ3v) is 7.49. The minimum absolute atomic E-state index is 1.17. The van der Waals surface area contributed by atoms with Crippen molar-refractivity contribution in [3.8, 4) is 0 Å². The van der Waals surface area contributed by atoms with Gasteiger partial charge in [0.05, 0.1) is 0 Å². The van der Waals surface area contributed by atoms with Crippen molar-refractivity contribution in [3.05, 3.63) is 0 Å². The second-order valence-electron chi connectivity index (χ2n) is 11.0. The van der Waals surface area contributed by atoms with Gasteiger partial charge in [-0.15, -0.1) is 0 Å². The molecule has 2 nitrogen and oxygen atoms in total. The van der Waals surface area contributed by atoms with Crippen LogP contribution in [-0.2, 0) is 0 Å². The second kappa shape index (κ2) is 32.9. The molecule has 0 aliphatic heterocycles. The molecule has 0 aromatic carbocycles. The van der Waals surface area contributed by atoms with E-state index in [1.165, 1.54) is 193 Å². The van der Waals surface area contributed by atoms with Gasteiger partial charge in [0.15, 0.2) is 0 Å². The van der Waals surface area contributed by atoms with Crippen LogP contribution < -0.4 is 10.6 Å². The maximum absolute atomic E-state index is 3.62. The molecule has 0 fully saturated rings. The largest absolute Gasteiger partial charge is 0.320 e. The quantitative estimate of drug-likeness (QED) is 0.0964. The summed E-state index contributed by atoms with van der Waals surface area (Å²) in [5.74, 6) is 0. The van der Waals surface area contributed by atoms with Crippen molar-refractivity contribution in [2.75, 3.05) is 26.7 Å². The van der Waals surface area contributed by atoms with Gasteiger partial charge in [-0.1, -0.05) is 161 Å². The van der Waals surface area contributed by atoms with E-state index in [9.17, 15) is 0 Å². The van der Waals surface area contributed by atoms with Crippen molar-refractivity contribution in [1.29, 1.82) is 0 Å². The molecule has 0 saturated carbocycles. The van der Waals surface area contributed by atoms with Gasteiger partial charge in [-0.25, -0.2) is 0 Å². The van der Waals surface area contributed by atoms with Crippen LogP contribution in [-0.4, -0.2) is 26.7 Å². The maximum Gasteiger partial charge on any atom is -0.00489 e. The van der Waals surface area contributed by atoms with Gasteiger partial charge < -0.3 is 10.6 Å². The summed E-state index contributed by atoms with van der Waals surface area (Å²) in [4.78, 5) is 0. The van der Waals surface area contributed by atoms with Gasteiger partial charge in [0, 0.05) is 0 Å². The van der Waals surface area contributed by atoms with Crippen LogP contribution in [0.5, 0.6) is 0 Å². The summed E-state index contributed by atoms with van der Waals surface area (Å²) in [7, 11) is 2.05. The molecule has 0 atom stereocenters. The van der Waals surface area contributed by atoms with Crippen LogP contribution in [0.2, 0.25) is 0 Å². The van der Waals surface area contributed by atoms with Crippen molar-refractivity contribution >= 4 is 0 Å². The predicted octanol–water partition coefficient (Wildman–Crippen LogP) is 10.3. The smallest absolute Gasteiger partial charge is 0.00489 e. The first kappa shape index (κ1) is 33.9. The van der Waals surface area contributed by atoms with E-state index in [2.05, 4.69) is 17.6 Å². The molecular formula is C32H68N2. The standard InChI is InChI=1S/C32H68N2/c1-3-4-5-6-7-8-9-10-11-12-13-14-15-16-17-18-19-20-21-22-23-24-28-31-34-32-29-26-25-27-30-33-2/h33-34H,3-32H2,1-2H3. The van der Waals surface area contributed by atoms with Gasteiger partial charge in [-0.3, -0.25) is 0 Å². The Balaban J connectivity index is 2.99. The zero-order valence-electron chi connectivity index (χ0n) is 24.2. The van der Waals surface area contributed by atoms with E-state index in [0.29, 0.717) is 0 Å². The van der Waals surface area contributed by atoms with E-state index in [0.717, 1.165) is 0 Å². The van der Waals surface area contributed by atoms with Gasteiger partial charge in [-0.05, 0) is 45.9 Å². The Morgan fingerprint density at radius 1 is 0.294 bits per heavy atom. The van der Waals surface area contributed by atoms with Gasteiger partial charge >= 0.3 is 0 Å². The minimum Gasteiger partial charge on any atom is -0.320 e. The van der Waals surface area contributed by atoms with E-state index in [-0.39, 0.29) is 0 Å². The molecule has 2 N–H and O–H groups in total. The molecule has 0 heterocycles. The van der Waals surface area contributed by atoms with E-state index in [4.69, 9.17) is 0 Å². The number of hydrogen-bond acceptors (Lipinski definition) is 2. The molecule has 0 bridgehead atoms. The number of nitrogens with one attached hydrogen (secondary N) is 2. The fraction of sp³-hybridized carbons (Fsp3) is 1.00. The highest BCUT2D eigenvalue weighted by Gasteiger charge is 1.96. The van der Waals surface area contributed by atoms with Crippen LogP contribution in [0.25, 0.3) is 0 Å². The Hall–Kier alpha value is -0.0800. The highest BCUT2D eigenvalue weighted by molar-refractivity contribution is 4.53. The first-order chi connectivity index (χ1) is 16.9. The molecule has 34 heavy (non-hydrogen) atoms. The average molecular weight is 481 g/mol. The fourth-order valence-electron chi connectivity index (χ4n) is 5.07. The summed E-state index contributed by atoms with van der Waals surface area (Å²) >= 11 is 0. The lowest BCUT2D eigenvalue weighted by molar-refractivity contribution is 0.515. The molecule has 206 valence electrons. The minimum atomic E-state index is 1.17. The Kier molecular flexibility index (Phi) is 32.8. The molecule has 0 aliphatic rings. The fourth-order valence-corrected chi connectivity index (χ4v) is 5.07. The first-order valence-corrected chi connectivity index (χ1v) is 16.3. The highest BCUT2D eigenvalue weighted by Crippen LogP contribution is 2.15. The molecule has 0 aromatic rings. The van der Waals surface area contributed by atoms with Gasteiger partial charge in [-0.2, -0.15) is 0 Å². The van der Waals surface area contributed by atoms with Crippen LogP contribution in [0.15, 0.2) is 0 Å². The van der Waals surface area contributed by atoms with Gasteiger partial charge in [0.1, 0.15) is 0 Å². The molecule has 0 amide bonds. The maximum atomic E-state index is 3.62. The summed E-state index contributed by atoms with van der Waals surface area (Å²) in [6.45, 7) is 5.93. The molecular weight excluding hydrogens is 412 g/mol. The third kappa shape index (κ3) is 31.9. The predicted molar refractivity (Wildman–Crippen MR) is 157 cm³/mol.